The molecule has 0 saturated carbocycles. The fourth-order valence-electron chi connectivity index (χ4n) is 11.6. The van der Waals surface area contributed by atoms with Gasteiger partial charge < -0.3 is 46.0 Å². The van der Waals surface area contributed by atoms with E-state index in [4.69, 9.17) is 4.74 Å². The van der Waals surface area contributed by atoms with Gasteiger partial charge in [-0.1, -0.05) is 19.1 Å². The number of ether oxygens (including phenoxy) is 1. The third kappa shape index (κ3) is 23.7. The number of rotatable bonds is 31. The Hall–Kier alpha value is -6.69. The normalized spacial score (nSPS) is 19.6. The van der Waals surface area contributed by atoms with Gasteiger partial charge in [0, 0.05) is 138 Å². The Labute approximate surface area is 553 Å². The van der Waals surface area contributed by atoms with Gasteiger partial charge in [0.25, 0.3) is 11.8 Å². The van der Waals surface area contributed by atoms with E-state index in [-0.39, 0.29) is 67.7 Å². The second-order valence-corrected chi connectivity index (χ2v) is 26.4. The monoisotopic (exact) mass is 1410 g/mol. The van der Waals surface area contributed by atoms with Crippen LogP contribution in [0.15, 0.2) is 54.7 Å². The van der Waals surface area contributed by atoms with E-state index in [9.17, 15) is 67.4 Å². The highest BCUT2D eigenvalue weighted by Crippen LogP contribution is 2.32. The molecule has 4 atom stereocenters. The smallest absolute Gasteiger partial charge is 0.317 e. The molecule has 0 radical (unpaired) electrons. The molecule has 7 amide bonds. The van der Waals surface area contributed by atoms with Crippen LogP contribution in [0.1, 0.15) is 80.6 Å². The molecule has 5 heterocycles. The summed E-state index contributed by atoms with van der Waals surface area (Å²) in [4.78, 5) is 133. The number of fused-ring (bicyclic) bond motifs is 1. The van der Waals surface area contributed by atoms with Gasteiger partial charge in [0.1, 0.15) is 11.8 Å². The van der Waals surface area contributed by atoms with E-state index < -0.39 is 72.4 Å². The number of aliphatic carboxylic acids is 2. The SMILES string of the molecule is CC(CN1C(=O)CC(SCC(CCCCNC(=O)CCCc2ccc(I)cc2)NC(=O)CN2CCN(CC(=O)O)CCNCCN(CC(=O)O)CC2)C1=O)C(=O)N1CCN(CCCCOc2ccc3nccc(C(=O)NCC(=O)N4CC(F)(F)C[C@@H]4C#N)c3c2)CC1. The van der Waals surface area contributed by atoms with E-state index in [2.05, 4.69) is 65.9 Å². The summed E-state index contributed by atoms with van der Waals surface area (Å²) in [5.74, 6) is -7.65. The van der Waals surface area contributed by atoms with Crippen molar-refractivity contribution in [1.82, 2.24) is 60.6 Å². The van der Waals surface area contributed by atoms with Crippen LogP contribution in [0.3, 0.4) is 0 Å². The highest BCUT2D eigenvalue weighted by molar-refractivity contribution is 14.1. The Morgan fingerprint density at radius 1 is 0.826 bits per heavy atom. The first-order chi connectivity index (χ1) is 44.1. The van der Waals surface area contributed by atoms with Crippen molar-refractivity contribution < 1.29 is 66.9 Å². The second-order valence-electron chi connectivity index (χ2n) is 23.9. The molecule has 4 fully saturated rings. The second kappa shape index (κ2) is 36.7. The lowest BCUT2D eigenvalue weighted by molar-refractivity contribution is -0.143. The maximum absolute atomic E-state index is 14.0. The van der Waals surface area contributed by atoms with E-state index >= 15 is 0 Å². The minimum Gasteiger partial charge on any atom is -0.494 e. The Balaban J connectivity index is 0.849. The van der Waals surface area contributed by atoms with Crippen molar-refractivity contribution in [2.24, 2.45) is 5.92 Å². The summed E-state index contributed by atoms with van der Waals surface area (Å²) in [7, 11) is 0. The Bertz CT molecular complexity index is 3040. The predicted octanol–water partition coefficient (Wildman–Crippen LogP) is 2.60. The predicted molar refractivity (Wildman–Crippen MR) is 348 cm³/mol. The lowest BCUT2D eigenvalue weighted by Crippen LogP contribution is -2.51. The summed E-state index contributed by atoms with van der Waals surface area (Å²) in [6.45, 7) is 6.87. The number of imide groups is 1. The van der Waals surface area contributed by atoms with E-state index in [0.29, 0.717) is 153 Å². The Morgan fingerprint density at radius 2 is 1.50 bits per heavy atom. The largest absolute Gasteiger partial charge is 0.494 e. The molecule has 4 saturated heterocycles. The molecule has 7 rings (SSSR count). The first-order valence-corrected chi connectivity index (χ1v) is 33.7. The van der Waals surface area contributed by atoms with Crippen molar-refractivity contribution in [3.05, 3.63) is 69.4 Å². The van der Waals surface area contributed by atoms with Gasteiger partial charge >= 0.3 is 11.9 Å². The maximum atomic E-state index is 14.0. The fourth-order valence-corrected chi connectivity index (χ4v) is 13.2. The first kappa shape index (κ1) is 72.7. The van der Waals surface area contributed by atoms with E-state index in [0.717, 1.165) is 27.9 Å². The highest BCUT2D eigenvalue weighted by Gasteiger charge is 2.47. The number of aryl methyl sites for hydroxylation is 1. The molecule has 4 aliphatic heterocycles. The maximum Gasteiger partial charge on any atom is 0.317 e. The molecule has 92 heavy (non-hydrogen) atoms. The van der Waals surface area contributed by atoms with Crippen LogP contribution in [-0.2, 0) is 44.8 Å². The quantitative estimate of drug-likeness (QED) is 0.0306. The van der Waals surface area contributed by atoms with E-state index in [1.165, 1.54) is 34.5 Å². The summed E-state index contributed by atoms with van der Waals surface area (Å²) in [5, 5.41) is 40.1. The zero-order chi connectivity index (χ0) is 66.2. The van der Waals surface area contributed by atoms with Crippen molar-refractivity contribution >= 4 is 98.5 Å². The summed E-state index contributed by atoms with van der Waals surface area (Å²) >= 11 is 3.54. The van der Waals surface area contributed by atoms with Crippen LogP contribution < -0.4 is 26.0 Å². The number of hydrogen-bond donors (Lipinski definition) is 6. The van der Waals surface area contributed by atoms with Crippen molar-refractivity contribution in [2.45, 2.75) is 94.4 Å². The number of alkyl halides is 2. The van der Waals surface area contributed by atoms with Gasteiger partial charge in [0.05, 0.1) is 67.6 Å². The minimum absolute atomic E-state index is 0.0428. The fraction of sp³-hybridized carbons (Fsp3) is 0.603. The summed E-state index contributed by atoms with van der Waals surface area (Å²) in [6.07, 6.45) is 5.79. The standard InChI is InChI=1S/C63H86F2IN13O12S/c1-44(61(89)77-30-28-73(29-31-77)21-4-5-32-91-49-14-15-52-51(33-49)50(16-18-69-52)60(88)71-37-57(83)79-43-63(64,65)35-48(79)36-67)38-78-56(82)34-53(62(78)90)92-42-47(8-2-3-17-70-54(80)9-6-7-45-10-12-46(66)13-11-45)72-55(81)39-76-26-24-74(40-58(84)85)22-19-68-20-23-75(25-27-76)41-59(86)87/h10-16,18,33,44,47-48,53,68H,2-9,17,19-32,34-35,37-43H2,1H3,(H,70,80)(H,71,88)(H,72,81)(H,84,85)(H,86,87)/t44?,47?,48-,53?/m1/s1. The molecule has 1 aromatic heterocycles. The molecule has 25 nitrogen and oxygen atoms in total. The van der Waals surface area contributed by atoms with Crippen molar-refractivity contribution in [3.8, 4) is 11.8 Å². The zero-order valence-corrected chi connectivity index (χ0v) is 55.2. The van der Waals surface area contributed by atoms with Crippen LogP contribution in [0.25, 0.3) is 10.9 Å². The molecule has 0 bridgehead atoms. The number of aromatic nitrogens is 1. The molecular weight excluding hydrogens is 1330 g/mol. The number of likely N-dealkylation sites (tertiary alicyclic amines) is 2. The third-order valence-corrected chi connectivity index (χ3v) is 18.8. The number of nitrogens with one attached hydrogen (secondary N) is 4. The Kier molecular flexibility index (Phi) is 29.0. The lowest BCUT2D eigenvalue weighted by Gasteiger charge is -2.36. The van der Waals surface area contributed by atoms with Crippen LogP contribution in [0.4, 0.5) is 8.78 Å². The molecule has 29 heteroatoms. The van der Waals surface area contributed by atoms with Gasteiger partial charge in [0.15, 0.2) is 0 Å². The molecular formula is C63H86F2IN13O12S. The number of carboxylic acid groups (broad SMARTS) is 2. The first-order valence-electron chi connectivity index (χ1n) is 31.6. The topological polar surface area (TPSA) is 311 Å². The third-order valence-electron chi connectivity index (χ3n) is 16.7. The number of hydrogen-bond acceptors (Lipinski definition) is 18. The molecule has 2 aromatic carbocycles. The van der Waals surface area contributed by atoms with Crippen LogP contribution in [0.2, 0.25) is 0 Å². The minimum atomic E-state index is -3.18. The van der Waals surface area contributed by atoms with Gasteiger partial charge in [-0.3, -0.25) is 72.6 Å². The number of carboxylic acids is 2. The number of thioether (sulfide) groups is 1. The van der Waals surface area contributed by atoms with Gasteiger partial charge in [-0.15, -0.1) is 11.8 Å². The van der Waals surface area contributed by atoms with Gasteiger partial charge in [-0.2, -0.15) is 5.26 Å². The number of nitriles is 1. The highest BCUT2D eigenvalue weighted by atomic mass is 127. The molecule has 3 unspecified atom stereocenters. The van der Waals surface area contributed by atoms with Gasteiger partial charge in [0.2, 0.25) is 35.4 Å². The van der Waals surface area contributed by atoms with Crippen molar-refractivity contribution in [3.63, 3.8) is 0 Å². The summed E-state index contributed by atoms with van der Waals surface area (Å²) in [5.41, 5.74) is 1.88. The average Bonchev–Trinajstić information content (AvgIpc) is 1.37. The summed E-state index contributed by atoms with van der Waals surface area (Å²) in [6, 6.07) is 14.8. The van der Waals surface area contributed by atoms with E-state index in [1.54, 1.807) is 45.9 Å². The number of pyridine rings is 1. The molecule has 3 aromatic rings. The number of piperazine rings is 1. The number of carbonyl (C=O) groups excluding carboxylic acids is 7. The van der Waals surface area contributed by atoms with E-state index in [1.807, 2.05) is 17.0 Å². The van der Waals surface area contributed by atoms with Gasteiger partial charge in [-0.25, -0.2) is 8.78 Å². The number of carbonyl (C=O) groups is 9. The van der Waals surface area contributed by atoms with Crippen LogP contribution in [0.5, 0.6) is 5.75 Å². The summed E-state index contributed by atoms with van der Waals surface area (Å²) < 4.78 is 35.0. The van der Waals surface area contributed by atoms with Crippen molar-refractivity contribution in [2.75, 3.05) is 143 Å². The van der Waals surface area contributed by atoms with Crippen molar-refractivity contribution in [1.29, 1.82) is 5.26 Å². The average molecular weight is 1410 g/mol. The zero-order valence-electron chi connectivity index (χ0n) is 52.2. The number of benzene rings is 2. The number of unbranched alkanes of at least 4 members (excludes halogenated alkanes) is 2. The lowest BCUT2D eigenvalue weighted by atomic mass is 10.1. The van der Waals surface area contributed by atoms with Crippen LogP contribution in [-0.4, -0.2) is 269 Å². The number of amides is 7. The molecule has 502 valence electrons. The number of halogens is 3. The Morgan fingerprint density at radius 3 is 2.17 bits per heavy atom. The molecule has 0 aliphatic carbocycles. The van der Waals surface area contributed by atoms with Gasteiger partial charge in [-0.05, 0) is 116 Å². The molecule has 0 spiro atoms. The van der Waals surface area contributed by atoms with Crippen LogP contribution >= 0.6 is 34.4 Å². The number of nitrogens with zero attached hydrogens (tertiary/aromatic N) is 9. The molecule has 4 aliphatic rings. The molecule has 6 N–H and O–H groups in total. The van der Waals surface area contributed by atoms with Crippen LogP contribution in [0, 0.1) is 20.8 Å².